The molecule has 0 aromatic heterocycles. The average Bonchev–Trinajstić information content (AvgIpc) is 2.68. The zero-order valence-corrected chi connectivity index (χ0v) is 18.2. The molecular weight excluding hydrogens is 366 g/mol. The minimum Gasteiger partial charge on any atom is -0.497 e. The van der Waals surface area contributed by atoms with Crippen LogP contribution >= 0.6 is 0 Å². The highest BCUT2D eigenvalue weighted by molar-refractivity contribution is 5.81. The Balaban J connectivity index is 1.82. The summed E-state index contributed by atoms with van der Waals surface area (Å²) in [5.41, 5.74) is 2.75. The lowest BCUT2D eigenvalue weighted by Crippen LogP contribution is -2.45. The molecule has 29 heavy (non-hydrogen) atoms. The number of amides is 1. The van der Waals surface area contributed by atoms with E-state index in [4.69, 9.17) is 14.2 Å². The molecular formula is C24H31NO4. The van der Waals surface area contributed by atoms with Crippen molar-refractivity contribution in [3.8, 4) is 17.2 Å². The molecule has 1 amide bonds. The minimum atomic E-state index is -0.560. The van der Waals surface area contributed by atoms with Gasteiger partial charge < -0.3 is 19.5 Å². The van der Waals surface area contributed by atoms with Crippen LogP contribution in [-0.2, 0) is 4.79 Å². The second kappa shape index (κ2) is 8.36. The maximum absolute atomic E-state index is 13.1. The SMILES string of the molecule is CC[C@H](Oc1cccc(C)c1C)C(=O)N[C@@H]1CC(C)(C)Oc2ccc(OC)cc21. The minimum absolute atomic E-state index is 0.120. The van der Waals surface area contributed by atoms with E-state index in [0.717, 1.165) is 33.9 Å². The van der Waals surface area contributed by atoms with Crippen molar-refractivity contribution >= 4 is 5.91 Å². The summed E-state index contributed by atoms with van der Waals surface area (Å²) >= 11 is 0. The highest BCUT2D eigenvalue weighted by Gasteiger charge is 2.36. The lowest BCUT2D eigenvalue weighted by atomic mass is 9.89. The molecule has 2 atom stereocenters. The molecule has 1 aliphatic rings. The maximum Gasteiger partial charge on any atom is 0.261 e. The molecule has 1 N–H and O–H groups in total. The van der Waals surface area contributed by atoms with Gasteiger partial charge >= 0.3 is 0 Å². The van der Waals surface area contributed by atoms with Gasteiger partial charge in [0.05, 0.1) is 13.2 Å². The Labute approximate surface area is 173 Å². The third-order valence-corrected chi connectivity index (χ3v) is 5.48. The number of nitrogens with one attached hydrogen (secondary N) is 1. The average molecular weight is 398 g/mol. The van der Waals surface area contributed by atoms with Gasteiger partial charge in [-0.2, -0.15) is 0 Å². The van der Waals surface area contributed by atoms with Gasteiger partial charge in [-0.25, -0.2) is 0 Å². The van der Waals surface area contributed by atoms with E-state index < -0.39 is 6.10 Å². The van der Waals surface area contributed by atoms with Crippen LogP contribution in [-0.4, -0.2) is 24.7 Å². The summed E-state index contributed by atoms with van der Waals surface area (Å²) in [4.78, 5) is 13.1. The summed E-state index contributed by atoms with van der Waals surface area (Å²) in [6, 6.07) is 11.4. The van der Waals surface area contributed by atoms with Crippen molar-refractivity contribution < 1.29 is 19.0 Å². The fraction of sp³-hybridized carbons (Fsp3) is 0.458. The first-order valence-electron chi connectivity index (χ1n) is 10.1. The standard InChI is InChI=1S/C24H31NO4/c1-7-20(28-21-10-8-9-15(2)16(21)3)23(26)25-19-14-24(4,5)29-22-12-11-17(27-6)13-18(19)22/h8-13,19-20H,7,14H2,1-6H3,(H,25,26)/t19-,20+/m1/s1. The Morgan fingerprint density at radius 3 is 2.72 bits per heavy atom. The van der Waals surface area contributed by atoms with E-state index in [0.29, 0.717) is 12.8 Å². The molecule has 3 rings (SSSR count). The second-order valence-corrected chi connectivity index (χ2v) is 8.24. The first-order chi connectivity index (χ1) is 13.7. The molecule has 2 aromatic rings. The highest BCUT2D eigenvalue weighted by Crippen LogP contribution is 2.41. The van der Waals surface area contributed by atoms with E-state index in [2.05, 4.69) is 5.32 Å². The number of fused-ring (bicyclic) bond motifs is 1. The van der Waals surface area contributed by atoms with Crippen LogP contribution in [0.25, 0.3) is 0 Å². The van der Waals surface area contributed by atoms with Crippen molar-refractivity contribution in [3.05, 3.63) is 53.1 Å². The molecule has 2 aromatic carbocycles. The normalized spacial score (nSPS) is 18.2. The first kappa shape index (κ1) is 21.0. The Morgan fingerprint density at radius 1 is 1.28 bits per heavy atom. The lowest BCUT2D eigenvalue weighted by molar-refractivity contribution is -0.129. The maximum atomic E-state index is 13.1. The van der Waals surface area contributed by atoms with Gasteiger partial charge in [0.1, 0.15) is 22.8 Å². The van der Waals surface area contributed by atoms with E-state index in [-0.39, 0.29) is 17.6 Å². The predicted octanol–water partition coefficient (Wildman–Crippen LogP) is 4.89. The van der Waals surface area contributed by atoms with Gasteiger partial charge in [-0.05, 0) is 69.5 Å². The van der Waals surface area contributed by atoms with E-state index in [1.807, 2.05) is 71.0 Å². The number of ether oxygens (including phenoxy) is 3. The third kappa shape index (κ3) is 4.66. The van der Waals surface area contributed by atoms with Gasteiger partial charge in [-0.3, -0.25) is 4.79 Å². The van der Waals surface area contributed by atoms with Crippen LogP contribution in [0.1, 0.15) is 56.3 Å². The molecule has 0 spiro atoms. The monoisotopic (exact) mass is 397 g/mol. The van der Waals surface area contributed by atoms with Gasteiger partial charge in [-0.15, -0.1) is 0 Å². The molecule has 0 radical (unpaired) electrons. The van der Waals surface area contributed by atoms with Crippen LogP contribution in [0.2, 0.25) is 0 Å². The van der Waals surface area contributed by atoms with Crippen LogP contribution in [0.3, 0.4) is 0 Å². The fourth-order valence-electron chi connectivity index (χ4n) is 3.68. The van der Waals surface area contributed by atoms with Gasteiger partial charge in [0.15, 0.2) is 6.10 Å². The molecule has 0 bridgehead atoms. The van der Waals surface area contributed by atoms with Crippen LogP contribution in [0, 0.1) is 13.8 Å². The first-order valence-corrected chi connectivity index (χ1v) is 10.1. The smallest absolute Gasteiger partial charge is 0.261 e. The second-order valence-electron chi connectivity index (χ2n) is 8.24. The zero-order chi connectivity index (χ0) is 21.2. The number of hydrogen-bond donors (Lipinski definition) is 1. The molecule has 0 unspecified atom stereocenters. The van der Waals surface area contributed by atoms with Crippen LogP contribution < -0.4 is 19.5 Å². The largest absolute Gasteiger partial charge is 0.497 e. The molecule has 5 heteroatoms. The topological polar surface area (TPSA) is 56.8 Å². The van der Waals surface area contributed by atoms with Gasteiger partial charge in [0.2, 0.25) is 0 Å². The van der Waals surface area contributed by atoms with E-state index in [9.17, 15) is 4.79 Å². The number of hydrogen-bond acceptors (Lipinski definition) is 4. The van der Waals surface area contributed by atoms with Crippen molar-refractivity contribution in [1.82, 2.24) is 5.32 Å². The van der Waals surface area contributed by atoms with E-state index >= 15 is 0 Å². The Bertz CT molecular complexity index is 890. The Kier molecular flexibility index (Phi) is 6.06. The summed E-state index contributed by atoms with van der Waals surface area (Å²) in [5.74, 6) is 2.15. The molecule has 1 heterocycles. The van der Waals surface area contributed by atoms with Crippen molar-refractivity contribution in [2.24, 2.45) is 0 Å². The number of aryl methyl sites for hydroxylation is 1. The molecule has 1 aliphatic heterocycles. The third-order valence-electron chi connectivity index (χ3n) is 5.48. The summed E-state index contributed by atoms with van der Waals surface area (Å²) in [5, 5.41) is 3.19. The lowest BCUT2D eigenvalue weighted by Gasteiger charge is -2.38. The summed E-state index contributed by atoms with van der Waals surface area (Å²) in [6.07, 6.45) is 0.686. The number of rotatable bonds is 6. The molecule has 0 saturated carbocycles. The van der Waals surface area contributed by atoms with Gasteiger partial charge in [0, 0.05) is 12.0 Å². The summed E-state index contributed by atoms with van der Waals surface area (Å²) < 4.78 is 17.6. The van der Waals surface area contributed by atoms with Gasteiger partial charge in [-0.1, -0.05) is 19.1 Å². The van der Waals surface area contributed by atoms with Crippen molar-refractivity contribution in [1.29, 1.82) is 0 Å². The van der Waals surface area contributed by atoms with Crippen LogP contribution in [0.5, 0.6) is 17.2 Å². The predicted molar refractivity (Wildman–Crippen MR) is 114 cm³/mol. The molecule has 5 nitrogen and oxygen atoms in total. The Morgan fingerprint density at radius 2 is 2.03 bits per heavy atom. The molecule has 0 saturated heterocycles. The molecule has 0 fully saturated rings. The van der Waals surface area contributed by atoms with Crippen molar-refractivity contribution in [2.75, 3.05) is 7.11 Å². The van der Waals surface area contributed by atoms with Gasteiger partial charge in [0.25, 0.3) is 5.91 Å². The molecule has 156 valence electrons. The number of carbonyl (C=O) groups excluding carboxylic acids is 1. The zero-order valence-electron chi connectivity index (χ0n) is 18.2. The number of carbonyl (C=O) groups is 1. The number of benzene rings is 2. The number of methoxy groups -OCH3 is 1. The van der Waals surface area contributed by atoms with Crippen LogP contribution in [0.4, 0.5) is 0 Å². The van der Waals surface area contributed by atoms with Crippen LogP contribution in [0.15, 0.2) is 36.4 Å². The summed E-state index contributed by atoms with van der Waals surface area (Å²) in [6.45, 7) is 10.1. The highest BCUT2D eigenvalue weighted by atomic mass is 16.5. The summed E-state index contributed by atoms with van der Waals surface area (Å²) in [7, 11) is 1.63. The van der Waals surface area contributed by atoms with E-state index in [1.165, 1.54) is 0 Å². The van der Waals surface area contributed by atoms with Crippen molar-refractivity contribution in [2.45, 2.75) is 65.2 Å². The van der Waals surface area contributed by atoms with E-state index in [1.54, 1.807) is 7.11 Å². The fourth-order valence-corrected chi connectivity index (χ4v) is 3.68. The van der Waals surface area contributed by atoms with Crippen molar-refractivity contribution in [3.63, 3.8) is 0 Å². The molecule has 0 aliphatic carbocycles. The Hall–Kier alpha value is -2.69. The quantitative estimate of drug-likeness (QED) is 0.754.